The second kappa shape index (κ2) is 4.60. The first-order valence-corrected chi connectivity index (χ1v) is 7.65. The lowest BCUT2D eigenvalue weighted by molar-refractivity contribution is -0.121. The predicted molar refractivity (Wildman–Crippen MR) is 75.7 cm³/mol. The molecule has 1 spiro atoms. The van der Waals surface area contributed by atoms with Crippen LogP contribution in [0.15, 0.2) is 0 Å². The fraction of sp³-hybridized carbons (Fsp3) is 0.933. The van der Waals surface area contributed by atoms with Crippen LogP contribution in [0.1, 0.15) is 40.0 Å². The lowest BCUT2D eigenvalue weighted by Gasteiger charge is -2.43. The molecule has 20 heavy (non-hydrogen) atoms. The van der Waals surface area contributed by atoms with Gasteiger partial charge in [0.25, 0.3) is 0 Å². The number of hydrogen-bond donors (Lipinski definition) is 0. The number of fused-ring (bicyclic) bond motifs is 3. The van der Waals surface area contributed by atoms with E-state index in [4.69, 9.17) is 9.47 Å². The molecule has 114 valence electrons. The number of hydrogen-bond acceptors (Lipinski definition) is 4. The molecule has 3 aliphatic heterocycles. The Balaban J connectivity index is 1.77. The lowest BCUT2D eigenvalue weighted by atomic mass is 9.83. The minimum atomic E-state index is -0.434. The normalized spacial score (nSPS) is 37.7. The number of amides is 1. The van der Waals surface area contributed by atoms with E-state index in [2.05, 4.69) is 11.9 Å². The lowest BCUT2D eigenvalue weighted by Crippen LogP contribution is -2.57. The summed E-state index contributed by atoms with van der Waals surface area (Å²) in [6.45, 7) is 8.43. The molecule has 3 rings (SSSR count). The molecule has 0 unspecified atom stereocenters. The second-order valence-electron chi connectivity index (χ2n) is 7.49. The number of rotatable bonds is 0. The molecule has 0 radical (unpaired) electrons. The van der Waals surface area contributed by atoms with Crippen molar-refractivity contribution < 1.29 is 14.3 Å². The van der Waals surface area contributed by atoms with Crippen molar-refractivity contribution in [2.45, 2.75) is 63.3 Å². The Bertz CT molecular complexity index is 406. The third-order valence-corrected chi connectivity index (χ3v) is 4.70. The molecule has 3 atom stereocenters. The van der Waals surface area contributed by atoms with E-state index in [1.54, 1.807) is 0 Å². The molecule has 2 bridgehead atoms. The van der Waals surface area contributed by atoms with Crippen LogP contribution in [0.3, 0.4) is 0 Å². The first kappa shape index (κ1) is 14.1. The Labute approximate surface area is 121 Å². The molecule has 3 aliphatic rings. The van der Waals surface area contributed by atoms with Gasteiger partial charge in [-0.1, -0.05) is 0 Å². The van der Waals surface area contributed by atoms with Gasteiger partial charge in [0, 0.05) is 25.6 Å². The monoisotopic (exact) mass is 282 g/mol. The number of likely N-dealkylation sites (N-methyl/N-ethyl adjacent to an activating group) is 1. The number of nitrogens with zero attached hydrogens (tertiary/aromatic N) is 2. The van der Waals surface area contributed by atoms with Crippen molar-refractivity contribution in [3.8, 4) is 0 Å². The highest BCUT2D eigenvalue weighted by molar-refractivity contribution is 5.70. The molecule has 0 N–H and O–H groups in total. The minimum Gasteiger partial charge on any atom is -0.444 e. The van der Waals surface area contributed by atoms with E-state index in [1.807, 2.05) is 25.7 Å². The van der Waals surface area contributed by atoms with Crippen molar-refractivity contribution in [3.05, 3.63) is 0 Å². The highest BCUT2D eigenvalue weighted by Gasteiger charge is 2.60. The molecule has 0 saturated carbocycles. The maximum Gasteiger partial charge on any atom is 0.410 e. The van der Waals surface area contributed by atoms with E-state index < -0.39 is 5.60 Å². The standard InChI is InChI=1S/C15H26N2O3/c1-14(2,3)20-13(18)17-11-5-6-12(17)15(9-11)10-16(4)7-8-19-15/h11-12H,5-10H2,1-4H3/t11-,12-,15-/m1/s1. The van der Waals surface area contributed by atoms with E-state index in [9.17, 15) is 4.79 Å². The molecule has 3 saturated heterocycles. The summed E-state index contributed by atoms with van der Waals surface area (Å²) in [7, 11) is 2.13. The maximum absolute atomic E-state index is 12.5. The number of morpholine rings is 1. The van der Waals surface area contributed by atoms with Crippen molar-refractivity contribution in [2.75, 3.05) is 26.7 Å². The van der Waals surface area contributed by atoms with Gasteiger partial charge in [-0.25, -0.2) is 4.79 Å². The van der Waals surface area contributed by atoms with Gasteiger partial charge in [0.05, 0.1) is 12.6 Å². The first-order valence-electron chi connectivity index (χ1n) is 7.65. The summed E-state index contributed by atoms with van der Waals surface area (Å²) in [5.74, 6) is 0. The van der Waals surface area contributed by atoms with Crippen molar-refractivity contribution in [1.82, 2.24) is 9.80 Å². The highest BCUT2D eigenvalue weighted by Crippen LogP contribution is 2.48. The van der Waals surface area contributed by atoms with E-state index in [0.29, 0.717) is 6.04 Å². The zero-order chi connectivity index (χ0) is 14.5. The summed E-state index contributed by atoms with van der Waals surface area (Å²) in [6.07, 6.45) is 2.91. The Morgan fingerprint density at radius 2 is 2.10 bits per heavy atom. The topological polar surface area (TPSA) is 42.0 Å². The van der Waals surface area contributed by atoms with Crippen LogP contribution >= 0.6 is 0 Å². The van der Waals surface area contributed by atoms with Crippen molar-refractivity contribution in [3.63, 3.8) is 0 Å². The molecule has 0 aromatic heterocycles. The van der Waals surface area contributed by atoms with Crippen LogP contribution in [0.4, 0.5) is 4.79 Å². The van der Waals surface area contributed by atoms with Gasteiger partial charge in [0.15, 0.2) is 0 Å². The smallest absolute Gasteiger partial charge is 0.410 e. The van der Waals surface area contributed by atoms with Crippen molar-refractivity contribution >= 4 is 6.09 Å². The van der Waals surface area contributed by atoms with Crippen molar-refractivity contribution in [1.29, 1.82) is 0 Å². The fourth-order valence-electron chi connectivity index (χ4n) is 4.04. The van der Waals surface area contributed by atoms with Gasteiger partial charge in [-0.15, -0.1) is 0 Å². The average molecular weight is 282 g/mol. The van der Waals surface area contributed by atoms with Gasteiger partial charge >= 0.3 is 6.09 Å². The second-order valence-corrected chi connectivity index (χ2v) is 7.49. The van der Waals surface area contributed by atoms with Crippen LogP contribution in [0, 0.1) is 0 Å². The Morgan fingerprint density at radius 1 is 1.35 bits per heavy atom. The van der Waals surface area contributed by atoms with Crippen LogP contribution in [0.25, 0.3) is 0 Å². The predicted octanol–water partition coefficient (Wildman–Crippen LogP) is 1.86. The zero-order valence-corrected chi connectivity index (χ0v) is 13.0. The first-order chi connectivity index (χ1) is 9.31. The Kier molecular flexibility index (Phi) is 3.25. The van der Waals surface area contributed by atoms with Crippen molar-refractivity contribution in [2.24, 2.45) is 0 Å². The summed E-state index contributed by atoms with van der Waals surface area (Å²) in [5, 5.41) is 0. The van der Waals surface area contributed by atoms with Gasteiger partial charge in [-0.2, -0.15) is 0 Å². The minimum absolute atomic E-state index is 0.160. The molecule has 3 heterocycles. The molecule has 5 heteroatoms. The molecular weight excluding hydrogens is 256 g/mol. The van der Waals surface area contributed by atoms with Gasteiger partial charge in [0.1, 0.15) is 11.2 Å². The van der Waals surface area contributed by atoms with Crippen LogP contribution in [-0.4, -0.2) is 65.9 Å². The van der Waals surface area contributed by atoms with Crippen LogP contribution < -0.4 is 0 Å². The SMILES string of the molecule is CN1CCO[C@]2(C[C@H]3CC[C@H]2N3C(=O)OC(C)(C)C)C1. The highest BCUT2D eigenvalue weighted by atomic mass is 16.6. The van der Waals surface area contributed by atoms with E-state index >= 15 is 0 Å². The van der Waals surface area contributed by atoms with Gasteiger partial charge in [-0.3, -0.25) is 4.90 Å². The van der Waals surface area contributed by atoms with E-state index in [1.165, 1.54) is 0 Å². The molecule has 5 nitrogen and oxygen atoms in total. The third kappa shape index (κ3) is 2.31. The Morgan fingerprint density at radius 3 is 2.75 bits per heavy atom. The average Bonchev–Trinajstić information content (AvgIpc) is 2.81. The van der Waals surface area contributed by atoms with Gasteiger partial charge in [0.2, 0.25) is 0 Å². The van der Waals surface area contributed by atoms with Crippen LogP contribution in [0.5, 0.6) is 0 Å². The summed E-state index contributed by atoms with van der Waals surface area (Å²) < 4.78 is 11.7. The molecule has 3 fully saturated rings. The van der Waals surface area contributed by atoms with E-state index in [-0.39, 0.29) is 17.7 Å². The third-order valence-electron chi connectivity index (χ3n) is 4.70. The fourth-order valence-corrected chi connectivity index (χ4v) is 4.04. The Hall–Kier alpha value is -0.810. The summed E-state index contributed by atoms with van der Waals surface area (Å²) >= 11 is 0. The number of carbonyl (C=O) groups is 1. The van der Waals surface area contributed by atoms with Crippen LogP contribution in [0.2, 0.25) is 0 Å². The molecule has 0 aliphatic carbocycles. The van der Waals surface area contributed by atoms with Gasteiger partial charge in [-0.05, 0) is 40.7 Å². The molecule has 1 amide bonds. The molecular formula is C15H26N2O3. The maximum atomic E-state index is 12.5. The zero-order valence-electron chi connectivity index (χ0n) is 13.0. The molecule has 0 aromatic carbocycles. The number of ether oxygens (including phenoxy) is 2. The quantitative estimate of drug-likeness (QED) is 0.680. The van der Waals surface area contributed by atoms with Crippen LogP contribution in [-0.2, 0) is 9.47 Å². The largest absolute Gasteiger partial charge is 0.444 e. The number of carbonyl (C=O) groups excluding carboxylic acids is 1. The van der Waals surface area contributed by atoms with E-state index in [0.717, 1.165) is 39.0 Å². The molecule has 0 aromatic rings. The summed E-state index contributed by atoms with van der Waals surface area (Å²) in [4.78, 5) is 16.7. The summed E-state index contributed by atoms with van der Waals surface area (Å²) in [5.41, 5.74) is -0.594. The van der Waals surface area contributed by atoms with Gasteiger partial charge < -0.3 is 14.4 Å². The summed E-state index contributed by atoms with van der Waals surface area (Å²) in [6, 6.07) is 0.478.